The molecule has 0 heterocycles. The van der Waals surface area contributed by atoms with Gasteiger partial charge in [-0.05, 0) is 12.8 Å². The molecule has 4 N–H and O–H groups in total. The first-order chi connectivity index (χ1) is 11.6. The van der Waals surface area contributed by atoms with E-state index < -0.39 is 23.9 Å². The number of aliphatic carboxylic acids is 4. The maximum Gasteiger partial charge on any atom is 0.306 e. The highest BCUT2D eigenvalue weighted by atomic mass is 16.4. The van der Waals surface area contributed by atoms with Crippen molar-refractivity contribution in [2.45, 2.75) is 68.2 Å². The van der Waals surface area contributed by atoms with Crippen LogP contribution in [0, 0.1) is 23.7 Å². The fraction of sp³-hybridized carbons (Fsp3) is 0.778. The van der Waals surface area contributed by atoms with Crippen molar-refractivity contribution < 1.29 is 39.6 Å². The summed E-state index contributed by atoms with van der Waals surface area (Å²) in [5.74, 6) is -3.72. The fourth-order valence-electron chi connectivity index (χ4n) is 0.349. The van der Waals surface area contributed by atoms with Crippen LogP contribution in [0.5, 0.6) is 0 Å². The van der Waals surface area contributed by atoms with Crippen molar-refractivity contribution in [2.75, 3.05) is 0 Å². The normalized spacial score (nSPS) is 11.5. The Balaban J connectivity index is -0.000000124. The zero-order valence-corrected chi connectivity index (χ0v) is 17.1. The minimum Gasteiger partial charge on any atom is -0.481 e. The average Bonchev–Trinajstić information content (AvgIpc) is 2.54. The van der Waals surface area contributed by atoms with Gasteiger partial charge >= 0.3 is 23.9 Å². The van der Waals surface area contributed by atoms with Crippen LogP contribution in [0.4, 0.5) is 0 Å². The second kappa shape index (κ2) is 19.2. The van der Waals surface area contributed by atoms with E-state index in [0.717, 1.165) is 12.8 Å². The largest absolute Gasteiger partial charge is 0.481 e. The first-order valence-corrected chi connectivity index (χ1v) is 8.56. The van der Waals surface area contributed by atoms with Crippen molar-refractivity contribution >= 4 is 23.9 Å². The monoisotopic (exact) mass is 380 g/mol. The SMILES string of the molecule is CC(C)C(=O)O.CC(C)C(=O)O.CCC(C)C(=O)O.CCC(C)C(=O)O. The van der Waals surface area contributed by atoms with Crippen LogP contribution in [0.25, 0.3) is 0 Å². The van der Waals surface area contributed by atoms with Gasteiger partial charge in [-0.2, -0.15) is 0 Å². The van der Waals surface area contributed by atoms with Gasteiger partial charge in [0.25, 0.3) is 0 Å². The average molecular weight is 380 g/mol. The lowest BCUT2D eigenvalue weighted by Gasteiger charge is -1.96. The van der Waals surface area contributed by atoms with Gasteiger partial charge in [-0.3, -0.25) is 19.2 Å². The molecular weight excluding hydrogens is 344 g/mol. The molecule has 2 unspecified atom stereocenters. The lowest BCUT2D eigenvalue weighted by atomic mass is 10.1. The quantitative estimate of drug-likeness (QED) is 0.545. The zero-order valence-electron chi connectivity index (χ0n) is 17.1. The van der Waals surface area contributed by atoms with E-state index in [9.17, 15) is 19.2 Å². The Labute approximate surface area is 156 Å². The molecule has 2 atom stereocenters. The van der Waals surface area contributed by atoms with Crippen molar-refractivity contribution in [3.8, 4) is 0 Å². The van der Waals surface area contributed by atoms with Crippen molar-refractivity contribution in [1.82, 2.24) is 0 Å². The number of carboxylic acids is 4. The van der Waals surface area contributed by atoms with Gasteiger partial charge in [0.15, 0.2) is 0 Å². The topological polar surface area (TPSA) is 149 Å². The van der Waals surface area contributed by atoms with Gasteiger partial charge in [-0.25, -0.2) is 0 Å². The summed E-state index contributed by atoms with van der Waals surface area (Å²) in [6.45, 7) is 13.7. The summed E-state index contributed by atoms with van der Waals surface area (Å²) in [7, 11) is 0. The molecule has 0 bridgehead atoms. The minimum atomic E-state index is -0.741. The van der Waals surface area contributed by atoms with Crippen LogP contribution in [0.15, 0.2) is 0 Å². The molecule has 0 fully saturated rings. The molecule has 8 heteroatoms. The van der Waals surface area contributed by atoms with Crippen LogP contribution in [0.2, 0.25) is 0 Å². The number of hydrogen-bond acceptors (Lipinski definition) is 4. The van der Waals surface area contributed by atoms with Crippen molar-refractivity contribution in [3.05, 3.63) is 0 Å². The highest BCUT2D eigenvalue weighted by Crippen LogP contribution is 1.98. The Morgan fingerprint density at radius 3 is 0.692 bits per heavy atom. The highest BCUT2D eigenvalue weighted by Gasteiger charge is 2.05. The molecule has 0 aliphatic heterocycles. The highest BCUT2D eigenvalue weighted by molar-refractivity contribution is 5.70. The third-order valence-corrected chi connectivity index (χ3v) is 3.06. The van der Waals surface area contributed by atoms with Gasteiger partial charge < -0.3 is 20.4 Å². The molecule has 0 rings (SSSR count). The maximum atomic E-state index is 9.93. The number of hydrogen-bond donors (Lipinski definition) is 4. The number of carboxylic acid groups (broad SMARTS) is 4. The molecule has 0 radical (unpaired) electrons. The van der Waals surface area contributed by atoms with Gasteiger partial charge in [-0.15, -0.1) is 0 Å². The third-order valence-electron chi connectivity index (χ3n) is 3.06. The molecule has 156 valence electrons. The Kier molecular flexibility index (Phi) is 23.4. The summed E-state index contributed by atoms with van der Waals surface area (Å²) in [5, 5.41) is 32.3. The molecule has 0 spiro atoms. The first kappa shape index (κ1) is 31.6. The summed E-state index contributed by atoms with van der Waals surface area (Å²) in [4.78, 5) is 39.3. The number of rotatable bonds is 6. The fourth-order valence-corrected chi connectivity index (χ4v) is 0.349. The Bertz CT molecular complexity index is 364. The number of carbonyl (C=O) groups is 4. The minimum absolute atomic E-state index is 0.181. The van der Waals surface area contributed by atoms with E-state index in [4.69, 9.17) is 20.4 Å². The van der Waals surface area contributed by atoms with Crippen molar-refractivity contribution in [3.63, 3.8) is 0 Å². The maximum absolute atomic E-state index is 9.93. The van der Waals surface area contributed by atoms with Crippen LogP contribution < -0.4 is 0 Å². The van der Waals surface area contributed by atoms with E-state index in [0.29, 0.717) is 0 Å². The molecular formula is C18H36O8. The van der Waals surface area contributed by atoms with Crippen LogP contribution in [-0.4, -0.2) is 44.3 Å². The summed E-state index contributed by atoms with van der Waals surface area (Å²) < 4.78 is 0. The molecule has 26 heavy (non-hydrogen) atoms. The van der Waals surface area contributed by atoms with Gasteiger partial charge in [0.05, 0.1) is 23.7 Å². The Morgan fingerprint density at radius 1 is 0.538 bits per heavy atom. The van der Waals surface area contributed by atoms with Crippen LogP contribution in [0.3, 0.4) is 0 Å². The molecule has 8 nitrogen and oxygen atoms in total. The standard InChI is InChI=1S/2C5H10O2.2C4H8O2/c2*1-3-4(2)5(6)7;2*1-3(2)4(5)6/h2*4H,3H2,1-2H3,(H,6,7);2*3H,1-2H3,(H,5,6). The predicted octanol–water partition coefficient (Wildman–Crippen LogP) is 3.69. The first-order valence-electron chi connectivity index (χ1n) is 8.56. The summed E-state index contributed by atoms with van der Waals surface area (Å²) in [6.07, 6.45) is 1.44. The molecule has 0 aromatic carbocycles. The smallest absolute Gasteiger partial charge is 0.306 e. The van der Waals surface area contributed by atoms with E-state index >= 15 is 0 Å². The van der Waals surface area contributed by atoms with Crippen LogP contribution >= 0.6 is 0 Å². The molecule has 0 aromatic rings. The second-order valence-corrected chi connectivity index (χ2v) is 6.28. The Morgan fingerprint density at radius 2 is 0.692 bits per heavy atom. The molecule has 0 aliphatic rings. The van der Waals surface area contributed by atoms with E-state index in [2.05, 4.69) is 0 Å². The molecule has 0 aliphatic carbocycles. The van der Waals surface area contributed by atoms with E-state index in [1.54, 1.807) is 41.5 Å². The molecule has 0 amide bonds. The van der Waals surface area contributed by atoms with Gasteiger partial charge in [-0.1, -0.05) is 55.4 Å². The van der Waals surface area contributed by atoms with E-state index in [-0.39, 0.29) is 23.7 Å². The van der Waals surface area contributed by atoms with Gasteiger partial charge in [0.1, 0.15) is 0 Å². The van der Waals surface area contributed by atoms with Crippen LogP contribution in [0.1, 0.15) is 68.2 Å². The summed E-state index contributed by atoms with van der Waals surface area (Å²) >= 11 is 0. The van der Waals surface area contributed by atoms with Gasteiger partial charge in [0, 0.05) is 0 Å². The summed E-state index contributed by atoms with van der Waals surface area (Å²) in [6, 6.07) is 0. The van der Waals surface area contributed by atoms with Crippen molar-refractivity contribution in [2.24, 2.45) is 23.7 Å². The zero-order chi connectivity index (χ0) is 22.0. The third kappa shape index (κ3) is 29.8. The second-order valence-electron chi connectivity index (χ2n) is 6.28. The van der Waals surface area contributed by atoms with Crippen molar-refractivity contribution in [1.29, 1.82) is 0 Å². The Hall–Kier alpha value is -2.12. The van der Waals surface area contributed by atoms with E-state index in [1.807, 2.05) is 13.8 Å². The van der Waals surface area contributed by atoms with E-state index in [1.165, 1.54) is 0 Å². The molecule has 0 saturated heterocycles. The molecule has 0 saturated carbocycles. The lowest BCUT2D eigenvalue weighted by molar-refractivity contribution is -0.142. The lowest BCUT2D eigenvalue weighted by Crippen LogP contribution is -2.06. The van der Waals surface area contributed by atoms with Crippen LogP contribution in [-0.2, 0) is 19.2 Å². The summed E-state index contributed by atoms with van der Waals surface area (Å²) in [5.41, 5.74) is 0. The molecule has 0 aromatic heterocycles. The predicted molar refractivity (Wildman–Crippen MR) is 99.1 cm³/mol. The van der Waals surface area contributed by atoms with Gasteiger partial charge in [0.2, 0.25) is 0 Å².